The van der Waals surface area contributed by atoms with Crippen LogP contribution in [-0.2, 0) is 10.2 Å². The van der Waals surface area contributed by atoms with Gasteiger partial charge in [-0.05, 0) is 26.0 Å². The van der Waals surface area contributed by atoms with Crippen LogP contribution in [0.5, 0.6) is 0 Å². The first kappa shape index (κ1) is 12.1. The molecule has 6 heteroatoms. The molecule has 0 heterocycles. The minimum Gasteiger partial charge on any atom is -0.481 e. The summed E-state index contributed by atoms with van der Waals surface area (Å²) < 4.78 is 13.0. The minimum absolute atomic E-state index is 0.148. The molecule has 0 amide bonds. The van der Waals surface area contributed by atoms with Crippen LogP contribution in [-0.4, -0.2) is 16.0 Å². The minimum atomic E-state index is -1.51. The number of hydrogen-bond acceptors (Lipinski definition) is 3. The van der Waals surface area contributed by atoms with Gasteiger partial charge >= 0.3 is 5.97 Å². The summed E-state index contributed by atoms with van der Waals surface area (Å²) in [7, 11) is 0. The van der Waals surface area contributed by atoms with Gasteiger partial charge in [0, 0.05) is 11.6 Å². The van der Waals surface area contributed by atoms with E-state index in [9.17, 15) is 19.3 Å². The monoisotopic (exact) mass is 227 g/mol. The Hall–Kier alpha value is -1.98. The van der Waals surface area contributed by atoms with Crippen LogP contribution in [0.4, 0.5) is 10.1 Å². The number of halogens is 1. The number of nitro groups is 1. The molecule has 86 valence electrons. The van der Waals surface area contributed by atoms with E-state index in [4.69, 9.17) is 5.11 Å². The molecule has 0 saturated heterocycles. The largest absolute Gasteiger partial charge is 0.481 e. The van der Waals surface area contributed by atoms with Crippen molar-refractivity contribution in [1.82, 2.24) is 0 Å². The quantitative estimate of drug-likeness (QED) is 0.633. The zero-order valence-electron chi connectivity index (χ0n) is 8.73. The van der Waals surface area contributed by atoms with E-state index in [0.717, 1.165) is 18.2 Å². The molecule has 1 aromatic carbocycles. The molecule has 0 bridgehead atoms. The third-order valence-electron chi connectivity index (χ3n) is 2.36. The summed E-state index contributed by atoms with van der Waals surface area (Å²) >= 11 is 0. The number of nitrogens with zero attached hydrogens (tertiary/aromatic N) is 1. The van der Waals surface area contributed by atoms with Crippen molar-refractivity contribution in [1.29, 1.82) is 0 Å². The maximum atomic E-state index is 13.0. The molecular weight excluding hydrogens is 217 g/mol. The molecule has 0 aromatic heterocycles. The van der Waals surface area contributed by atoms with Crippen LogP contribution in [0.3, 0.4) is 0 Å². The van der Waals surface area contributed by atoms with Crippen molar-refractivity contribution in [2.75, 3.05) is 0 Å². The van der Waals surface area contributed by atoms with E-state index in [1.165, 1.54) is 13.8 Å². The number of rotatable bonds is 3. The SMILES string of the molecule is CC(C)(C(=O)O)c1cc(F)ccc1[N+](=O)[O-]. The normalized spacial score (nSPS) is 11.2. The number of carbonyl (C=O) groups is 1. The molecule has 16 heavy (non-hydrogen) atoms. The summed E-state index contributed by atoms with van der Waals surface area (Å²) in [5.41, 5.74) is -2.05. The Morgan fingerprint density at radius 2 is 2.06 bits per heavy atom. The lowest BCUT2D eigenvalue weighted by Gasteiger charge is -2.19. The third-order valence-corrected chi connectivity index (χ3v) is 2.36. The van der Waals surface area contributed by atoms with Gasteiger partial charge in [-0.25, -0.2) is 4.39 Å². The number of carboxylic acid groups (broad SMARTS) is 1. The fourth-order valence-corrected chi connectivity index (χ4v) is 1.28. The van der Waals surface area contributed by atoms with Gasteiger partial charge in [0.05, 0.1) is 10.3 Å². The topological polar surface area (TPSA) is 80.4 Å². The van der Waals surface area contributed by atoms with Crippen molar-refractivity contribution in [3.05, 3.63) is 39.7 Å². The standard InChI is InChI=1S/C10H10FNO4/c1-10(2,9(13)14)7-5-6(11)3-4-8(7)12(15)16/h3-5H,1-2H3,(H,13,14). The van der Waals surface area contributed by atoms with Crippen LogP contribution >= 0.6 is 0 Å². The fourth-order valence-electron chi connectivity index (χ4n) is 1.28. The van der Waals surface area contributed by atoms with Crippen LogP contribution in [0.15, 0.2) is 18.2 Å². The lowest BCUT2D eigenvalue weighted by atomic mass is 9.83. The van der Waals surface area contributed by atoms with Gasteiger partial charge in [0.25, 0.3) is 5.69 Å². The second-order valence-corrected chi connectivity index (χ2v) is 3.85. The van der Waals surface area contributed by atoms with Gasteiger partial charge in [-0.1, -0.05) is 0 Å². The van der Waals surface area contributed by atoms with E-state index < -0.39 is 27.8 Å². The number of aliphatic carboxylic acids is 1. The average Bonchev–Trinajstić information content (AvgIpc) is 2.16. The molecule has 1 N–H and O–H groups in total. The fraction of sp³-hybridized carbons (Fsp3) is 0.300. The van der Waals surface area contributed by atoms with Gasteiger partial charge in [0.2, 0.25) is 0 Å². The summed E-state index contributed by atoms with van der Waals surface area (Å²) in [6, 6.07) is 2.78. The van der Waals surface area contributed by atoms with E-state index in [0.29, 0.717) is 0 Å². The number of benzene rings is 1. The summed E-state index contributed by atoms with van der Waals surface area (Å²) in [5.74, 6) is -1.95. The van der Waals surface area contributed by atoms with Crippen molar-refractivity contribution in [3.8, 4) is 0 Å². The molecule has 0 aliphatic rings. The molecule has 0 saturated carbocycles. The lowest BCUT2D eigenvalue weighted by molar-refractivity contribution is -0.386. The van der Waals surface area contributed by atoms with E-state index in [1.807, 2.05) is 0 Å². The Bertz CT molecular complexity index is 456. The van der Waals surface area contributed by atoms with Crippen molar-refractivity contribution in [2.45, 2.75) is 19.3 Å². The highest BCUT2D eigenvalue weighted by atomic mass is 19.1. The van der Waals surface area contributed by atoms with Gasteiger partial charge in [-0.15, -0.1) is 0 Å². The highest BCUT2D eigenvalue weighted by Crippen LogP contribution is 2.32. The first-order valence-electron chi connectivity index (χ1n) is 4.44. The summed E-state index contributed by atoms with van der Waals surface area (Å²) in [6.07, 6.45) is 0. The highest BCUT2D eigenvalue weighted by Gasteiger charge is 2.36. The summed E-state index contributed by atoms with van der Waals surface area (Å²) in [5, 5.41) is 19.6. The first-order valence-corrected chi connectivity index (χ1v) is 4.44. The lowest BCUT2D eigenvalue weighted by Crippen LogP contribution is -2.29. The van der Waals surface area contributed by atoms with Crippen LogP contribution in [0.25, 0.3) is 0 Å². The Kier molecular flexibility index (Phi) is 2.93. The van der Waals surface area contributed by atoms with Crippen LogP contribution in [0.2, 0.25) is 0 Å². The van der Waals surface area contributed by atoms with E-state index in [1.54, 1.807) is 0 Å². The Morgan fingerprint density at radius 3 is 2.50 bits per heavy atom. The van der Waals surface area contributed by atoms with Gasteiger partial charge in [0.15, 0.2) is 0 Å². The Labute approximate surface area is 90.7 Å². The van der Waals surface area contributed by atoms with Gasteiger partial charge in [-0.3, -0.25) is 14.9 Å². The maximum Gasteiger partial charge on any atom is 0.313 e. The molecule has 5 nitrogen and oxygen atoms in total. The van der Waals surface area contributed by atoms with Crippen molar-refractivity contribution in [3.63, 3.8) is 0 Å². The molecule has 0 atom stereocenters. The highest BCUT2D eigenvalue weighted by molar-refractivity contribution is 5.82. The molecule has 0 unspecified atom stereocenters. The molecule has 1 aromatic rings. The Morgan fingerprint density at radius 1 is 1.50 bits per heavy atom. The van der Waals surface area contributed by atoms with Crippen molar-refractivity contribution < 1.29 is 19.2 Å². The van der Waals surface area contributed by atoms with Crippen LogP contribution in [0.1, 0.15) is 19.4 Å². The second-order valence-electron chi connectivity index (χ2n) is 3.85. The zero-order valence-corrected chi connectivity index (χ0v) is 8.73. The molecule has 0 radical (unpaired) electrons. The average molecular weight is 227 g/mol. The smallest absolute Gasteiger partial charge is 0.313 e. The summed E-state index contributed by atoms with van der Waals surface area (Å²) in [4.78, 5) is 20.9. The number of hydrogen-bond donors (Lipinski definition) is 1. The van der Waals surface area contributed by atoms with E-state index in [-0.39, 0.29) is 5.56 Å². The first-order chi connectivity index (χ1) is 7.26. The number of nitro benzene ring substituents is 1. The number of carboxylic acids is 1. The van der Waals surface area contributed by atoms with Crippen molar-refractivity contribution in [2.24, 2.45) is 0 Å². The molecule has 1 rings (SSSR count). The molecule has 0 fully saturated rings. The molecule has 0 spiro atoms. The van der Waals surface area contributed by atoms with Gasteiger partial charge in [-0.2, -0.15) is 0 Å². The van der Waals surface area contributed by atoms with Crippen molar-refractivity contribution >= 4 is 11.7 Å². The molecular formula is C10H10FNO4. The summed E-state index contributed by atoms with van der Waals surface area (Å²) in [6.45, 7) is 2.58. The maximum absolute atomic E-state index is 13.0. The predicted octanol–water partition coefficient (Wildman–Crippen LogP) is 2.10. The predicted molar refractivity (Wildman–Crippen MR) is 53.7 cm³/mol. The van der Waals surface area contributed by atoms with Gasteiger partial charge in [0.1, 0.15) is 5.82 Å². The molecule has 0 aliphatic carbocycles. The van der Waals surface area contributed by atoms with Gasteiger partial charge < -0.3 is 5.11 Å². The van der Waals surface area contributed by atoms with E-state index in [2.05, 4.69) is 0 Å². The molecule has 0 aliphatic heterocycles. The second kappa shape index (κ2) is 3.88. The van der Waals surface area contributed by atoms with Crippen LogP contribution in [0, 0.1) is 15.9 Å². The Balaban J connectivity index is 3.47. The van der Waals surface area contributed by atoms with E-state index >= 15 is 0 Å². The third kappa shape index (κ3) is 2.00. The zero-order chi connectivity index (χ0) is 12.5. The van der Waals surface area contributed by atoms with Crippen LogP contribution < -0.4 is 0 Å².